The summed E-state index contributed by atoms with van der Waals surface area (Å²) in [7, 11) is 0. The summed E-state index contributed by atoms with van der Waals surface area (Å²) in [6, 6.07) is 11.0. The van der Waals surface area contributed by atoms with Crippen LogP contribution in [0.25, 0.3) is 20.2 Å². The molecule has 2 fully saturated rings. The number of hydrogen-bond donors (Lipinski definition) is 2. The van der Waals surface area contributed by atoms with Crippen LogP contribution in [0.5, 0.6) is 11.5 Å². The Hall–Kier alpha value is -2.15. The lowest BCUT2D eigenvalue weighted by molar-refractivity contribution is 0.0855. The Bertz CT molecular complexity index is 1100. The number of rotatable bonds is 10. The fraction of sp³-hybridized carbons (Fsp3) is 0.552. The lowest BCUT2D eigenvalue weighted by atomic mass is 10.0. The zero-order valence-electron chi connectivity index (χ0n) is 20.3. The Morgan fingerprint density at radius 1 is 0.743 bits per heavy atom. The minimum atomic E-state index is -0.465. The van der Waals surface area contributed by atoms with E-state index in [0.29, 0.717) is 34.1 Å². The molecule has 35 heavy (non-hydrogen) atoms. The minimum Gasteiger partial charge on any atom is -0.491 e. The highest BCUT2D eigenvalue weighted by molar-refractivity contribution is 7.24. The first-order valence-corrected chi connectivity index (χ1v) is 14.0. The largest absolute Gasteiger partial charge is 0.491 e. The van der Waals surface area contributed by atoms with E-state index in [0.717, 1.165) is 22.2 Å². The SMILES string of the molecule is O=c1c2ccc(OCC(O)CC3CCCC3)cc2sc2cc(OCC(O)CC3CCCC3)ccc12. The van der Waals surface area contributed by atoms with Crippen LogP contribution in [-0.2, 0) is 0 Å². The highest BCUT2D eigenvalue weighted by atomic mass is 32.1. The van der Waals surface area contributed by atoms with Crippen molar-refractivity contribution in [3.05, 3.63) is 46.6 Å². The molecule has 2 saturated carbocycles. The fourth-order valence-corrected chi connectivity index (χ4v) is 6.90. The van der Waals surface area contributed by atoms with Gasteiger partial charge < -0.3 is 19.7 Å². The second-order valence-electron chi connectivity index (χ2n) is 10.4. The smallest absolute Gasteiger partial charge is 0.195 e. The van der Waals surface area contributed by atoms with Gasteiger partial charge in [-0.3, -0.25) is 4.79 Å². The average Bonchev–Trinajstić information content (AvgIpc) is 3.56. The first-order chi connectivity index (χ1) is 17.0. The fourth-order valence-electron chi connectivity index (χ4n) is 5.78. The van der Waals surface area contributed by atoms with Gasteiger partial charge >= 0.3 is 0 Å². The molecule has 5 nitrogen and oxygen atoms in total. The van der Waals surface area contributed by atoms with E-state index in [-0.39, 0.29) is 18.6 Å². The van der Waals surface area contributed by atoms with E-state index in [2.05, 4.69) is 0 Å². The van der Waals surface area contributed by atoms with Gasteiger partial charge in [0, 0.05) is 20.2 Å². The second kappa shape index (κ2) is 11.3. The highest BCUT2D eigenvalue weighted by Gasteiger charge is 2.20. The molecule has 3 aromatic rings. The van der Waals surface area contributed by atoms with Gasteiger partial charge in [-0.2, -0.15) is 0 Å². The molecule has 0 bridgehead atoms. The number of aliphatic hydroxyl groups excluding tert-OH is 2. The van der Waals surface area contributed by atoms with Crippen LogP contribution in [0.3, 0.4) is 0 Å². The van der Waals surface area contributed by atoms with Crippen molar-refractivity contribution < 1.29 is 19.7 Å². The normalized spacial score (nSPS) is 18.9. The number of aliphatic hydroxyl groups is 2. The van der Waals surface area contributed by atoms with Crippen LogP contribution in [-0.4, -0.2) is 35.6 Å². The topological polar surface area (TPSA) is 76.0 Å². The summed E-state index contributed by atoms with van der Waals surface area (Å²) in [4.78, 5) is 13.1. The van der Waals surface area contributed by atoms with Crippen molar-refractivity contribution in [3.8, 4) is 11.5 Å². The molecule has 2 unspecified atom stereocenters. The molecule has 2 N–H and O–H groups in total. The molecule has 0 amide bonds. The van der Waals surface area contributed by atoms with Gasteiger partial charge in [0.1, 0.15) is 24.7 Å². The van der Waals surface area contributed by atoms with Crippen molar-refractivity contribution in [1.29, 1.82) is 0 Å². The van der Waals surface area contributed by atoms with Crippen molar-refractivity contribution in [2.45, 2.75) is 76.4 Å². The molecule has 0 saturated heterocycles. The summed E-state index contributed by atoms with van der Waals surface area (Å²) < 4.78 is 13.5. The van der Waals surface area contributed by atoms with E-state index in [9.17, 15) is 15.0 Å². The third-order valence-electron chi connectivity index (χ3n) is 7.66. The first kappa shape index (κ1) is 24.5. The van der Waals surface area contributed by atoms with Gasteiger partial charge in [-0.05, 0) is 61.1 Å². The van der Waals surface area contributed by atoms with Gasteiger partial charge in [-0.1, -0.05) is 51.4 Å². The third-order valence-corrected chi connectivity index (χ3v) is 8.78. The molecule has 0 radical (unpaired) electrons. The number of fused-ring (bicyclic) bond motifs is 2. The summed E-state index contributed by atoms with van der Waals surface area (Å²) in [6.07, 6.45) is 10.6. The van der Waals surface area contributed by atoms with Gasteiger partial charge in [0.2, 0.25) is 0 Å². The van der Waals surface area contributed by atoms with Gasteiger partial charge in [-0.15, -0.1) is 11.3 Å². The lowest BCUT2D eigenvalue weighted by Crippen LogP contribution is -2.20. The van der Waals surface area contributed by atoms with Crippen LogP contribution >= 0.6 is 11.3 Å². The monoisotopic (exact) mass is 496 g/mol. The summed E-state index contributed by atoms with van der Waals surface area (Å²) in [5.41, 5.74) is -0.00520. The van der Waals surface area contributed by atoms with Crippen LogP contribution in [0.15, 0.2) is 41.2 Å². The van der Waals surface area contributed by atoms with Crippen molar-refractivity contribution in [2.75, 3.05) is 13.2 Å². The van der Waals surface area contributed by atoms with Crippen LogP contribution in [0.1, 0.15) is 64.2 Å². The van der Waals surface area contributed by atoms with E-state index < -0.39 is 12.2 Å². The molecule has 2 aliphatic rings. The molecule has 6 heteroatoms. The first-order valence-electron chi connectivity index (χ1n) is 13.2. The average molecular weight is 497 g/mol. The summed E-state index contributed by atoms with van der Waals surface area (Å²) in [5, 5.41) is 22.1. The quantitative estimate of drug-likeness (QED) is 0.334. The van der Waals surface area contributed by atoms with Gasteiger partial charge in [-0.25, -0.2) is 0 Å². The molecule has 5 rings (SSSR count). The van der Waals surface area contributed by atoms with E-state index >= 15 is 0 Å². The van der Waals surface area contributed by atoms with Crippen LogP contribution in [0.4, 0.5) is 0 Å². The van der Waals surface area contributed by atoms with E-state index in [1.165, 1.54) is 62.7 Å². The molecular formula is C29H36O5S. The number of benzene rings is 2. The number of hydrogen-bond acceptors (Lipinski definition) is 6. The molecule has 1 aromatic heterocycles. The predicted octanol–water partition coefficient (Wildman–Crippen LogP) is 6.05. The Kier molecular flexibility index (Phi) is 7.91. The molecule has 0 spiro atoms. The molecule has 0 aliphatic heterocycles. The van der Waals surface area contributed by atoms with E-state index in [4.69, 9.17) is 9.47 Å². The maximum atomic E-state index is 13.1. The maximum Gasteiger partial charge on any atom is 0.195 e. The Morgan fingerprint density at radius 2 is 1.17 bits per heavy atom. The van der Waals surface area contributed by atoms with Crippen molar-refractivity contribution in [2.24, 2.45) is 11.8 Å². The zero-order valence-corrected chi connectivity index (χ0v) is 21.1. The van der Waals surface area contributed by atoms with Gasteiger partial charge in [0.15, 0.2) is 5.43 Å². The summed E-state index contributed by atoms with van der Waals surface area (Å²) >= 11 is 1.53. The molecule has 2 atom stereocenters. The van der Waals surface area contributed by atoms with Crippen molar-refractivity contribution >= 4 is 31.5 Å². The van der Waals surface area contributed by atoms with Crippen LogP contribution < -0.4 is 14.9 Å². The number of ether oxygens (including phenoxy) is 2. The second-order valence-corrected chi connectivity index (χ2v) is 11.5. The Labute approximate surface area is 210 Å². The summed E-state index contributed by atoms with van der Waals surface area (Å²) in [6.45, 7) is 0.539. The van der Waals surface area contributed by atoms with Crippen molar-refractivity contribution in [3.63, 3.8) is 0 Å². The van der Waals surface area contributed by atoms with Crippen LogP contribution in [0, 0.1) is 11.8 Å². The third kappa shape index (κ3) is 6.16. The van der Waals surface area contributed by atoms with E-state index in [1.807, 2.05) is 36.4 Å². The molecule has 1 heterocycles. The van der Waals surface area contributed by atoms with E-state index in [1.54, 1.807) is 0 Å². The van der Waals surface area contributed by atoms with Gasteiger partial charge in [0.25, 0.3) is 0 Å². The van der Waals surface area contributed by atoms with Crippen LogP contribution in [0.2, 0.25) is 0 Å². The lowest BCUT2D eigenvalue weighted by Gasteiger charge is -2.16. The zero-order chi connectivity index (χ0) is 24.2. The Balaban J connectivity index is 1.26. The molecule has 2 aromatic carbocycles. The maximum absolute atomic E-state index is 13.1. The summed E-state index contributed by atoms with van der Waals surface area (Å²) in [5.74, 6) is 2.56. The van der Waals surface area contributed by atoms with Crippen molar-refractivity contribution in [1.82, 2.24) is 0 Å². The van der Waals surface area contributed by atoms with Gasteiger partial charge in [0.05, 0.1) is 12.2 Å². The standard InChI is InChI=1S/C29H36O5S/c30-21(13-19-5-1-2-6-19)17-33-23-9-11-25-27(15-23)35-28-16-24(10-12-26(28)29(25)32)34-18-22(31)14-20-7-3-4-8-20/h9-12,15-16,19-22,30-31H,1-8,13-14,17-18H2. The highest BCUT2D eigenvalue weighted by Crippen LogP contribution is 2.32. The molecular weight excluding hydrogens is 460 g/mol. The molecule has 2 aliphatic carbocycles. The Morgan fingerprint density at radius 3 is 1.60 bits per heavy atom. The minimum absolute atomic E-state index is 0.00520. The molecule has 188 valence electrons. The predicted molar refractivity (Wildman–Crippen MR) is 142 cm³/mol.